The van der Waals surface area contributed by atoms with E-state index in [0.717, 1.165) is 22.2 Å². The summed E-state index contributed by atoms with van der Waals surface area (Å²) in [5.41, 5.74) is 8.96. The number of anilines is 1. The van der Waals surface area contributed by atoms with Crippen LogP contribution in [0.3, 0.4) is 0 Å². The largest absolute Gasteiger partial charge is 0.384 e. The summed E-state index contributed by atoms with van der Waals surface area (Å²) in [6.07, 6.45) is 0. The zero-order chi connectivity index (χ0) is 10.7. The molecule has 0 atom stereocenters. The topological polar surface area (TPSA) is 38.9 Å². The summed E-state index contributed by atoms with van der Waals surface area (Å²) >= 11 is 3.38. The maximum atomic E-state index is 5.74. The molecule has 1 heterocycles. The van der Waals surface area contributed by atoms with E-state index in [2.05, 4.69) is 33.0 Å². The number of benzene rings is 1. The minimum atomic E-state index is 0.561. The number of nitrogen functional groups attached to an aromatic ring is 1. The van der Waals surface area contributed by atoms with Gasteiger partial charge in [-0.3, -0.25) is 0 Å². The SMILES string of the molecule is Nc1cc(-c2ccccc2)cc(CBr)n1. The van der Waals surface area contributed by atoms with Crippen LogP contribution in [-0.4, -0.2) is 4.98 Å². The van der Waals surface area contributed by atoms with Crippen molar-refractivity contribution in [2.75, 3.05) is 5.73 Å². The number of hydrogen-bond donors (Lipinski definition) is 1. The third-order valence-electron chi connectivity index (χ3n) is 2.14. The molecule has 2 rings (SSSR count). The average Bonchev–Trinajstić information content (AvgIpc) is 2.29. The Bertz CT molecular complexity index is 454. The highest BCUT2D eigenvalue weighted by molar-refractivity contribution is 9.08. The molecule has 0 saturated heterocycles. The molecule has 0 spiro atoms. The minimum Gasteiger partial charge on any atom is -0.384 e. The van der Waals surface area contributed by atoms with Crippen LogP contribution >= 0.6 is 15.9 Å². The summed E-state index contributed by atoms with van der Waals surface area (Å²) in [6, 6.07) is 14.1. The molecule has 0 aliphatic carbocycles. The summed E-state index contributed by atoms with van der Waals surface area (Å²) < 4.78 is 0. The van der Waals surface area contributed by atoms with Crippen LogP contribution in [0.15, 0.2) is 42.5 Å². The van der Waals surface area contributed by atoms with E-state index < -0.39 is 0 Å². The Morgan fingerprint density at radius 2 is 1.80 bits per heavy atom. The summed E-state index contributed by atoms with van der Waals surface area (Å²) in [4.78, 5) is 4.21. The van der Waals surface area contributed by atoms with Crippen LogP contribution in [0.5, 0.6) is 0 Å². The second-order valence-electron chi connectivity index (χ2n) is 3.27. The van der Waals surface area contributed by atoms with Crippen molar-refractivity contribution in [1.82, 2.24) is 4.98 Å². The number of alkyl halides is 1. The molecule has 0 aliphatic rings. The van der Waals surface area contributed by atoms with Gasteiger partial charge in [-0.1, -0.05) is 46.3 Å². The van der Waals surface area contributed by atoms with Crippen molar-refractivity contribution in [3.63, 3.8) is 0 Å². The van der Waals surface area contributed by atoms with Crippen molar-refractivity contribution < 1.29 is 0 Å². The predicted molar refractivity (Wildman–Crippen MR) is 66.7 cm³/mol. The maximum absolute atomic E-state index is 5.74. The molecule has 0 aliphatic heterocycles. The molecular weight excluding hydrogens is 252 g/mol. The number of nitrogens with two attached hydrogens (primary N) is 1. The third-order valence-corrected chi connectivity index (χ3v) is 2.72. The molecule has 0 amide bonds. The van der Waals surface area contributed by atoms with Gasteiger partial charge in [-0.15, -0.1) is 0 Å². The average molecular weight is 263 g/mol. The fourth-order valence-corrected chi connectivity index (χ4v) is 1.76. The van der Waals surface area contributed by atoms with E-state index in [-0.39, 0.29) is 0 Å². The minimum absolute atomic E-state index is 0.561. The van der Waals surface area contributed by atoms with Gasteiger partial charge in [-0.2, -0.15) is 0 Å². The molecule has 0 unspecified atom stereocenters. The molecule has 0 radical (unpaired) electrons. The number of pyridine rings is 1. The smallest absolute Gasteiger partial charge is 0.124 e. The lowest BCUT2D eigenvalue weighted by Crippen LogP contribution is -1.94. The van der Waals surface area contributed by atoms with E-state index in [1.54, 1.807) is 0 Å². The summed E-state index contributed by atoms with van der Waals surface area (Å²) in [6.45, 7) is 0. The van der Waals surface area contributed by atoms with Gasteiger partial charge in [0, 0.05) is 5.33 Å². The van der Waals surface area contributed by atoms with Crippen molar-refractivity contribution in [1.29, 1.82) is 0 Å². The van der Waals surface area contributed by atoms with E-state index in [1.165, 1.54) is 0 Å². The molecule has 1 aromatic carbocycles. The van der Waals surface area contributed by atoms with Crippen LogP contribution in [0, 0.1) is 0 Å². The van der Waals surface area contributed by atoms with Crippen LogP contribution in [0.25, 0.3) is 11.1 Å². The Kier molecular flexibility index (Phi) is 3.02. The normalized spacial score (nSPS) is 10.2. The summed E-state index contributed by atoms with van der Waals surface area (Å²) in [5, 5.41) is 0.720. The number of nitrogens with zero attached hydrogens (tertiary/aromatic N) is 1. The molecule has 3 heteroatoms. The lowest BCUT2D eigenvalue weighted by Gasteiger charge is -2.04. The second-order valence-corrected chi connectivity index (χ2v) is 3.83. The van der Waals surface area contributed by atoms with Crippen LogP contribution < -0.4 is 5.73 Å². The molecule has 2 aromatic rings. The monoisotopic (exact) mass is 262 g/mol. The number of rotatable bonds is 2. The van der Waals surface area contributed by atoms with Gasteiger partial charge in [-0.25, -0.2) is 4.98 Å². The van der Waals surface area contributed by atoms with E-state index in [9.17, 15) is 0 Å². The van der Waals surface area contributed by atoms with Gasteiger partial charge in [0.15, 0.2) is 0 Å². The van der Waals surface area contributed by atoms with Crippen molar-refractivity contribution in [2.45, 2.75) is 5.33 Å². The van der Waals surface area contributed by atoms with E-state index in [1.807, 2.05) is 30.3 Å². The Morgan fingerprint density at radius 3 is 2.47 bits per heavy atom. The molecule has 0 bridgehead atoms. The highest BCUT2D eigenvalue weighted by Gasteiger charge is 2.01. The van der Waals surface area contributed by atoms with Crippen LogP contribution in [0.1, 0.15) is 5.69 Å². The first-order valence-electron chi connectivity index (χ1n) is 4.67. The van der Waals surface area contributed by atoms with E-state index in [4.69, 9.17) is 5.73 Å². The van der Waals surface area contributed by atoms with Gasteiger partial charge in [0.1, 0.15) is 5.82 Å². The standard InChI is InChI=1S/C12H11BrN2/c13-8-11-6-10(7-12(14)15-11)9-4-2-1-3-5-9/h1-7H,8H2,(H2,14,15). The fourth-order valence-electron chi connectivity index (χ4n) is 1.48. The molecule has 0 saturated carbocycles. The van der Waals surface area contributed by atoms with Gasteiger partial charge in [0.25, 0.3) is 0 Å². The summed E-state index contributed by atoms with van der Waals surface area (Å²) in [5.74, 6) is 0.561. The zero-order valence-electron chi connectivity index (χ0n) is 8.15. The van der Waals surface area contributed by atoms with Gasteiger partial charge in [0.05, 0.1) is 5.69 Å². The molecule has 0 fully saturated rings. The number of halogens is 1. The Morgan fingerprint density at radius 1 is 1.07 bits per heavy atom. The first-order chi connectivity index (χ1) is 7.29. The first-order valence-corrected chi connectivity index (χ1v) is 5.79. The van der Waals surface area contributed by atoms with Crippen molar-refractivity contribution in [3.8, 4) is 11.1 Å². The quantitative estimate of drug-likeness (QED) is 0.845. The van der Waals surface area contributed by atoms with Gasteiger partial charge >= 0.3 is 0 Å². The molecular formula is C12H11BrN2. The van der Waals surface area contributed by atoms with Gasteiger partial charge in [0.2, 0.25) is 0 Å². The number of aromatic nitrogens is 1. The van der Waals surface area contributed by atoms with Crippen LogP contribution in [0.4, 0.5) is 5.82 Å². The Hall–Kier alpha value is -1.35. The zero-order valence-corrected chi connectivity index (χ0v) is 9.74. The van der Waals surface area contributed by atoms with Crippen LogP contribution in [-0.2, 0) is 5.33 Å². The van der Waals surface area contributed by atoms with Gasteiger partial charge in [-0.05, 0) is 23.3 Å². The predicted octanol–water partition coefficient (Wildman–Crippen LogP) is 3.23. The molecule has 2 nitrogen and oxygen atoms in total. The highest BCUT2D eigenvalue weighted by Crippen LogP contribution is 2.22. The van der Waals surface area contributed by atoms with Crippen LogP contribution in [0.2, 0.25) is 0 Å². The Labute approximate surface area is 97.3 Å². The third kappa shape index (κ3) is 2.36. The Balaban J connectivity index is 2.49. The molecule has 15 heavy (non-hydrogen) atoms. The lowest BCUT2D eigenvalue weighted by atomic mass is 10.1. The number of hydrogen-bond acceptors (Lipinski definition) is 2. The molecule has 76 valence electrons. The highest BCUT2D eigenvalue weighted by atomic mass is 79.9. The second kappa shape index (κ2) is 4.45. The van der Waals surface area contributed by atoms with E-state index >= 15 is 0 Å². The van der Waals surface area contributed by atoms with Crippen molar-refractivity contribution in [2.24, 2.45) is 0 Å². The lowest BCUT2D eigenvalue weighted by molar-refractivity contribution is 1.20. The molecule has 1 aromatic heterocycles. The maximum Gasteiger partial charge on any atom is 0.124 e. The van der Waals surface area contributed by atoms with Crippen molar-refractivity contribution in [3.05, 3.63) is 48.2 Å². The van der Waals surface area contributed by atoms with Gasteiger partial charge < -0.3 is 5.73 Å². The van der Waals surface area contributed by atoms with E-state index in [0.29, 0.717) is 5.82 Å². The first kappa shape index (κ1) is 10.2. The van der Waals surface area contributed by atoms with Crippen molar-refractivity contribution >= 4 is 21.7 Å². The molecule has 2 N–H and O–H groups in total. The fraction of sp³-hybridized carbons (Fsp3) is 0.0833. The summed E-state index contributed by atoms with van der Waals surface area (Å²) in [7, 11) is 0.